The van der Waals surface area contributed by atoms with Crippen LogP contribution in [0.4, 0.5) is 24.7 Å². The lowest BCUT2D eigenvalue weighted by Gasteiger charge is -2.53. The Morgan fingerprint density at radius 2 is 1.94 bits per heavy atom. The van der Waals surface area contributed by atoms with E-state index in [0.717, 1.165) is 6.20 Å². The summed E-state index contributed by atoms with van der Waals surface area (Å²) in [5, 5.41) is 10.8. The number of fused-ring (bicyclic) bond motifs is 3. The first-order valence-electron chi connectivity index (χ1n) is 16.0. The zero-order valence-electron chi connectivity index (χ0n) is 26.9. The van der Waals surface area contributed by atoms with E-state index < -0.39 is 41.8 Å². The zero-order chi connectivity index (χ0) is 34.7. The summed E-state index contributed by atoms with van der Waals surface area (Å²) in [5.74, 6) is -2.19. The van der Waals surface area contributed by atoms with Gasteiger partial charge in [0.25, 0.3) is 6.43 Å². The Morgan fingerprint density at radius 3 is 2.68 bits per heavy atom. The molecule has 0 bridgehead atoms. The molecule has 0 amide bonds. The number of alkyl halides is 2. The van der Waals surface area contributed by atoms with Gasteiger partial charge in [-0.3, -0.25) is 0 Å². The first-order chi connectivity index (χ1) is 24.2. The molecule has 13 nitrogen and oxygen atoms in total. The lowest BCUT2D eigenvalue weighted by Crippen LogP contribution is -2.68. The highest BCUT2D eigenvalue weighted by atomic mass is 19.3. The fraction of sp³-hybridized carbons (Fsp3) is 0.382. The van der Waals surface area contributed by atoms with Crippen molar-refractivity contribution in [2.75, 3.05) is 49.8 Å². The second-order valence-corrected chi connectivity index (χ2v) is 12.5. The number of ether oxygens (including phenoxy) is 4. The van der Waals surface area contributed by atoms with Crippen LogP contribution in [0.3, 0.4) is 0 Å². The minimum Gasteiger partial charge on any atom is -0.481 e. The van der Waals surface area contributed by atoms with Crippen molar-refractivity contribution in [1.82, 2.24) is 19.9 Å². The van der Waals surface area contributed by atoms with E-state index >= 15 is 4.39 Å². The second-order valence-electron chi connectivity index (χ2n) is 12.5. The number of furan rings is 1. The number of para-hydroxylation sites is 1. The zero-order valence-corrected chi connectivity index (χ0v) is 26.9. The highest BCUT2D eigenvalue weighted by Crippen LogP contribution is 2.42. The molecule has 3 atom stereocenters. The predicted molar refractivity (Wildman–Crippen MR) is 172 cm³/mol. The first-order valence-corrected chi connectivity index (χ1v) is 16.0. The number of anilines is 2. The number of halogens is 3. The summed E-state index contributed by atoms with van der Waals surface area (Å²) in [6.07, 6.45) is -1.28. The predicted octanol–water partition coefficient (Wildman–Crippen LogP) is 5.02. The molecule has 0 saturated carbocycles. The van der Waals surface area contributed by atoms with Crippen LogP contribution in [0.25, 0.3) is 33.2 Å². The van der Waals surface area contributed by atoms with Crippen molar-refractivity contribution in [1.29, 1.82) is 0 Å². The lowest BCUT2D eigenvalue weighted by molar-refractivity contribution is -0.228. The van der Waals surface area contributed by atoms with Gasteiger partial charge < -0.3 is 38.3 Å². The van der Waals surface area contributed by atoms with E-state index in [4.69, 9.17) is 23.4 Å². The van der Waals surface area contributed by atoms with Crippen LogP contribution in [0.2, 0.25) is 0 Å². The van der Waals surface area contributed by atoms with Gasteiger partial charge in [0, 0.05) is 41.7 Å². The van der Waals surface area contributed by atoms with Gasteiger partial charge in [-0.2, -0.15) is 0 Å². The van der Waals surface area contributed by atoms with Crippen LogP contribution < -0.4 is 19.3 Å². The van der Waals surface area contributed by atoms with Crippen molar-refractivity contribution in [3.05, 3.63) is 60.4 Å². The number of hydrogen-bond acceptors (Lipinski definition) is 12. The first kappa shape index (κ1) is 32.0. The van der Waals surface area contributed by atoms with Gasteiger partial charge in [0.05, 0.1) is 45.7 Å². The van der Waals surface area contributed by atoms with Crippen molar-refractivity contribution in [3.63, 3.8) is 0 Å². The molecular weight excluding hydrogens is 661 g/mol. The molecule has 8 rings (SSSR count). The summed E-state index contributed by atoms with van der Waals surface area (Å²) >= 11 is 0. The number of rotatable bonds is 8. The molecule has 7 heterocycles. The fourth-order valence-corrected chi connectivity index (χ4v) is 6.93. The molecule has 3 fully saturated rings. The molecule has 1 aromatic carbocycles. The fourth-order valence-electron chi connectivity index (χ4n) is 6.93. The second kappa shape index (κ2) is 12.3. The van der Waals surface area contributed by atoms with E-state index in [0.29, 0.717) is 48.6 Å². The van der Waals surface area contributed by atoms with Crippen LogP contribution in [-0.2, 0) is 14.3 Å². The van der Waals surface area contributed by atoms with Crippen molar-refractivity contribution in [3.8, 4) is 22.9 Å². The van der Waals surface area contributed by atoms with Gasteiger partial charge in [0.1, 0.15) is 40.4 Å². The third kappa shape index (κ3) is 5.29. The summed E-state index contributed by atoms with van der Waals surface area (Å²) in [4.78, 5) is 32.8. The van der Waals surface area contributed by atoms with Crippen molar-refractivity contribution >= 4 is 39.5 Å². The number of carboxylic acids is 1. The summed E-state index contributed by atoms with van der Waals surface area (Å²) in [6.45, 7) is 3.61. The number of pyridine rings is 2. The highest BCUT2D eigenvalue weighted by molar-refractivity contribution is 6.06. The molecule has 16 heteroatoms. The quantitative estimate of drug-likeness (QED) is 0.232. The van der Waals surface area contributed by atoms with Gasteiger partial charge in [-0.15, -0.1) is 0 Å². The molecule has 3 aliphatic rings. The molecule has 3 saturated heterocycles. The Balaban J connectivity index is 1.18. The normalized spacial score (nSPS) is 21.7. The maximum absolute atomic E-state index is 15.1. The Hall–Kier alpha value is -5.22. The summed E-state index contributed by atoms with van der Waals surface area (Å²) in [5.41, 5.74) is 1.28. The smallest absolute Gasteiger partial charge is 0.326 e. The molecule has 260 valence electrons. The number of morpholine rings is 1. The van der Waals surface area contributed by atoms with E-state index in [-0.39, 0.29) is 53.2 Å². The number of nitrogens with zero attached hydrogens (tertiary/aromatic N) is 6. The number of carbonyl (C=O) groups is 1. The topological polar surface area (TPSA) is 145 Å². The highest BCUT2D eigenvalue weighted by Gasteiger charge is 2.50. The Bertz CT molecular complexity index is 2110. The number of methoxy groups -OCH3 is 1. The third-order valence-corrected chi connectivity index (χ3v) is 9.65. The molecule has 0 radical (unpaired) electrons. The average Bonchev–Trinajstić information content (AvgIpc) is 3.70. The Labute approximate surface area is 282 Å². The summed E-state index contributed by atoms with van der Waals surface area (Å²) in [6, 6.07) is 8.66. The van der Waals surface area contributed by atoms with Crippen LogP contribution in [0.1, 0.15) is 25.6 Å². The van der Waals surface area contributed by atoms with Crippen LogP contribution in [0.5, 0.6) is 11.8 Å². The number of benzene rings is 1. The van der Waals surface area contributed by atoms with Gasteiger partial charge in [-0.25, -0.2) is 37.9 Å². The van der Waals surface area contributed by atoms with Crippen LogP contribution in [0, 0.1) is 5.82 Å². The van der Waals surface area contributed by atoms with Crippen molar-refractivity contribution in [2.45, 2.75) is 43.6 Å². The van der Waals surface area contributed by atoms with E-state index in [9.17, 15) is 18.7 Å². The third-order valence-electron chi connectivity index (χ3n) is 9.65. The molecule has 0 aliphatic carbocycles. The van der Waals surface area contributed by atoms with Crippen molar-refractivity contribution < 1.29 is 46.4 Å². The largest absolute Gasteiger partial charge is 0.481 e. The van der Waals surface area contributed by atoms with Gasteiger partial charge >= 0.3 is 5.97 Å². The lowest BCUT2D eigenvalue weighted by atomic mass is 9.90. The Kier molecular flexibility index (Phi) is 7.86. The molecule has 4 aromatic heterocycles. The van der Waals surface area contributed by atoms with Crippen LogP contribution >= 0.6 is 0 Å². The number of aromatic nitrogens is 4. The van der Waals surface area contributed by atoms with Gasteiger partial charge in [0.15, 0.2) is 17.2 Å². The van der Waals surface area contributed by atoms with Gasteiger partial charge in [-0.1, -0.05) is 12.1 Å². The molecule has 50 heavy (non-hydrogen) atoms. The SMILES string of the molecule is COc1cc(-c2cnc(O[C@H]3C[C@@H](C(=O)O)N(c4nc(C(F)F)nc5c4oc4ccccc45)C3)c(N3CCOC4(COC4)[C@@H]3C)c2)c(F)cn1. The van der Waals surface area contributed by atoms with E-state index in [1.54, 1.807) is 30.3 Å². The summed E-state index contributed by atoms with van der Waals surface area (Å²) in [7, 11) is 1.43. The maximum Gasteiger partial charge on any atom is 0.326 e. The van der Waals surface area contributed by atoms with E-state index in [2.05, 4.69) is 24.8 Å². The van der Waals surface area contributed by atoms with Crippen molar-refractivity contribution in [2.24, 2.45) is 0 Å². The molecular formula is C34H31F3N6O7. The monoisotopic (exact) mass is 692 g/mol. The minimum atomic E-state index is -3.01. The number of hydrogen-bond donors (Lipinski definition) is 1. The molecule has 1 spiro atoms. The van der Waals surface area contributed by atoms with Gasteiger partial charge in [-0.05, 0) is 25.1 Å². The van der Waals surface area contributed by atoms with Gasteiger partial charge in [0.2, 0.25) is 11.8 Å². The maximum atomic E-state index is 15.1. The molecule has 1 N–H and O–H groups in total. The molecule has 0 unspecified atom stereocenters. The average molecular weight is 693 g/mol. The minimum absolute atomic E-state index is 0.0272. The number of aliphatic carboxylic acids is 1. The summed E-state index contributed by atoms with van der Waals surface area (Å²) < 4.78 is 72.6. The van der Waals surface area contributed by atoms with Crippen LogP contribution in [0.15, 0.2) is 53.2 Å². The van der Waals surface area contributed by atoms with Crippen LogP contribution in [-0.4, -0.2) is 94.8 Å². The Morgan fingerprint density at radius 1 is 1.12 bits per heavy atom. The van der Waals surface area contributed by atoms with E-state index in [1.807, 2.05) is 6.92 Å². The van der Waals surface area contributed by atoms with E-state index in [1.165, 1.54) is 24.3 Å². The number of carboxylic acid groups (broad SMARTS) is 1. The standard InChI is InChI=1S/C34H31F3N6O7/c1-17-34(15-47-16-34)48-8-7-42(17)23-9-18(21-11-26(46-2)38-13-22(21)35)12-39-32(23)49-19-10-24(33(44)45)43(14-19)31-28-27(40-30(41-31)29(36)37)20-5-3-4-6-25(20)50-28/h3-6,9,11-13,17,19,24,29H,7-8,10,14-16H2,1-2H3,(H,44,45)/t17-,19-,24-/m0/s1. The molecule has 3 aliphatic heterocycles. The molecule has 5 aromatic rings.